The second-order valence-corrected chi connectivity index (χ2v) is 6.83. The fraction of sp³-hybridized carbons (Fsp3) is 0.917. The number of rotatable bonds is 7. The van der Waals surface area contributed by atoms with Crippen molar-refractivity contribution < 1.29 is 18.3 Å². The van der Waals surface area contributed by atoms with Crippen molar-refractivity contribution in [3.05, 3.63) is 0 Å². The van der Waals surface area contributed by atoms with E-state index in [4.69, 9.17) is 5.11 Å². The minimum Gasteiger partial charge on any atom is -0.481 e. The highest BCUT2D eigenvalue weighted by molar-refractivity contribution is 7.87. The number of nitrogens with one attached hydrogen (secondary N) is 1. The van der Waals surface area contributed by atoms with Crippen molar-refractivity contribution in [2.45, 2.75) is 57.9 Å². The Morgan fingerprint density at radius 3 is 2.37 bits per heavy atom. The second-order valence-electron chi connectivity index (χ2n) is 5.12. The number of carbonyl (C=O) groups is 1. The van der Waals surface area contributed by atoms with Crippen LogP contribution in [-0.2, 0) is 15.0 Å². The molecule has 1 rings (SSSR count). The van der Waals surface area contributed by atoms with E-state index in [9.17, 15) is 13.2 Å². The van der Waals surface area contributed by atoms with E-state index in [-0.39, 0.29) is 12.5 Å². The summed E-state index contributed by atoms with van der Waals surface area (Å²) in [5, 5.41) is 8.55. The highest BCUT2D eigenvalue weighted by Gasteiger charge is 2.24. The van der Waals surface area contributed by atoms with Crippen molar-refractivity contribution in [1.29, 1.82) is 0 Å². The SMILES string of the molecule is CC(CCCC(=O)O)NS(=O)(=O)N1CCCCCC1. The van der Waals surface area contributed by atoms with Gasteiger partial charge in [-0.3, -0.25) is 4.79 Å². The van der Waals surface area contributed by atoms with Gasteiger partial charge in [-0.15, -0.1) is 0 Å². The Balaban J connectivity index is 2.41. The van der Waals surface area contributed by atoms with Crippen LogP contribution in [0.1, 0.15) is 51.9 Å². The monoisotopic (exact) mass is 292 g/mol. The number of hydrogen-bond donors (Lipinski definition) is 2. The summed E-state index contributed by atoms with van der Waals surface area (Å²) < 4.78 is 28.4. The van der Waals surface area contributed by atoms with Crippen molar-refractivity contribution in [1.82, 2.24) is 9.03 Å². The molecule has 0 aromatic heterocycles. The van der Waals surface area contributed by atoms with Gasteiger partial charge < -0.3 is 5.11 Å². The zero-order valence-corrected chi connectivity index (χ0v) is 12.3. The number of hydrogen-bond acceptors (Lipinski definition) is 3. The van der Waals surface area contributed by atoms with Gasteiger partial charge in [-0.1, -0.05) is 12.8 Å². The quantitative estimate of drug-likeness (QED) is 0.741. The van der Waals surface area contributed by atoms with Crippen molar-refractivity contribution in [2.75, 3.05) is 13.1 Å². The molecule has 0 saturated carbocycles. The maximum Gasteiger partial charge on any atom is 0.303 e. The molecule has 0 amide bonds. The van der Waals surface area contributed by atoms with Crippen LogP contribution in [0, 0.1) is 0 Å². The first-order valence-corrected chi connectivity index (χ1v) is 8.35. The Morgan fingerprint density at radius 2 is 1.84 bits per heavy atom. The average molecular weight is 292 g/mol. The third kappa shape index (κ3) is 6.35. The van der Waals surface area contributed by atoms with Crippen LogP contribution in [-0.4, -0.2) is 42.9 Å². The topological polar surface area (TPSA) is 86.7 Å². The van der Waals surface area contributed by atoms with Crippen LogP contribution in [0.25, 0.3) is 0 Å². The maximum atomic E-state index is 12.1. The summed E-state index contributed by atoms with van der Waals surface area (Å²) in [6, 6.07) is -0.229. The fourth-order valence-corrected chi connectivity index (χ4v) is 3.74. The molecule has 1 atom stereocenters. The number of carboxylic acids is 1. The normalized spacial score (nSPS) is 19.8. The van der Waals surface area contributed by atoms with E-state index >= 15 is 0 Å². The molecular weight excluding hydrogens is 268 g/mol. The van der Waals surface area contributed by atoms with E-state index < -0.39 is 16.2 Å². The van der Waals surface area contributed by atoms with Crippen molar-refractivity contribution in [2.24, 2.45) is 0 Å². The van der Waals surface area contributed by atoms with Gasteiger partial charge in [0.05, 0.1) is 0 Å². The van der Waals surface area contributed by atoms with Crippen molar-refractivity contribution >= 4 is 16.2 Å². The minimum atomic E-state index is -3.42. The molecule has 1 unspecified atom stereocenters. The van der Waals surface area contributed by atoms with E-state index in [0.29, 0.717) is 25.9 Å². The lowest BCUT2D eigenvalue weighted by molar-refractivity contribution is -0.137. The first-order valence-electron chi connectivity index (χ1n) is 6.91. The zero-order chi connectivity index (χ0) is 14.3. The Bertz CT molecular complexity index is 375. The molecule has 1 saturated heterocycles. The van der Waals surface area contributed by atoms with Gasteiger partial charge in [-0.25, -0.2) is 0 Å². The summed E-state index contributed by atoms with van der Waals surface area (Å²) in [5.41, 5.74) is 0. The van der Waals surface area contributed by atoms with Gasteiger partial charge in [0.15, 0.2) is 0 Å². The van der Waals surface area contributed by atoms with E-state index in [1.807, 2.05) is 0 Å². The summed E-state index contributed by atoms with van der Waals surface area (Å²) >= 11 is 0. The molecule has 1 heterocycles. The first kappa shape index (κ1) is 16.4. The van der Waals surface area contributed by atoms with Gasteiger partial charge in [0.1, 0.15) is 0 Å². The molecular formula is C12H24N2O4S. The summed E-state index contributed by atoms with van der Waals surface area (Å²) in [6.45, 7) is 2.94. The molecule has 0 aliphatic carbocycles. The molecule has 2 N–H and O–H groups in total. The van der Waals surface area contributed by atoms with Crippen LogP contribution in [0.15, 0.2) is 0 Å². The van der Waals surface area contributed by atoms with Gasteiger partial charge in [-0.05, 0) is 32.6 Å². The molecule has 1 fully saturated rings. The average Bonchev–Trinajstić information content (AvgIpc) is 2.56. The summed E-state index contributed by atoms with van der Waals surface area (Å²) in [5.74, 6) is -0.845. The summed E-state index contributed by atoms with van der Waals surface area (Å²) in [4.78, 5) is 10.4. The van der Waals surface area contributed by atoms with Crippen LogP contribution >= 0.6 is 0 Å². The van der Waals surface area contributed by atoms with Crippen LogP contribution in [0.2, 0.25) is 0 Å². The zero-order valence-electron chi connectivity index (χ0n) is 11.5. The highest BCUT2D eigenvalue weighted by Crippen LogP contribution is 2.13. The van der Waals surface area contributed by atoms with E-state index in [1.54, 1.807) is 6.92 Å². The largest absolute Gasteiger partial charge is 0.481 e. The van der Waals surface area contributed by atoms with Crippen LogP contribution in [0.5, 0.6) is 0 Å². The molecule has 1 aliphatic heterocycles. The first-order chi connectivity index (χ1) is 8.92. The second kappa shape index (κ2) is 7.81. The van der Waals surface area contributed by atoms with Gasteiger partial charge >= 0.3 is 5.97 Å². The Hall–Kier alpha value is -0.660. The number of aliphatic carboxylic acids is 1. The third-order valence-corrected chi connectivity index (χ3v) is 5.03. The van der Waals surface area contributed by atoms with Gasteiger partial charge in [-0.2, -0.15) is 17.4 Å². The Kier molecular flexibility index (Phi) is 6.74. The molecule has 0 bridgehead atoms. The van der Waals surface area contributed by atoms with Crippen LogP contribution < -0.4 is 4.72 Å². The Morgan fingerprint density at radius 1 is 1.26 bits per heavy atom. The van der Waals surface area contributed by atoms with Crippen LogP contribution in [0.3, 0.4) is 0 Å². The lowest BCUT2D eigenvalue weighted by atomic mass is 10.1. The van der Waals surface area contributed by atoms with Crippen molar-refractivity contribution in [3.63, 3.8) is 0 Å². The lowest BCUT2D eigenvalue weighted by Gasteiger charge is -2.23. The smallest absolute Gasteiger partial charge is 0.303 e. The summed E-state index contributed by atoms with van der Waals surface area (Å²) in [7, 11) is -3.42. The fourth-order valence-electron chi connectivity index (χ4n) is 2.23. The minimum absolute atomic E-state index is 0.0791. The molecule has 0 radical (unpaired) electrons. The van der Waals surface area contributed by atoms with Crippen molar-refractivity contribution in [3.8, 4) is 0 Å². The molecule has 6 nitrogen and oxygen atoms in total. The molecule has 19 heavy (non-hydrogen) atoms. The maximum absolute atomic E-state index is 12.1. The lowest BCUT2D eigenvalue weighted by Crippen LogP contribution is -2.44. The molecule has 112 valence electrons. The molecule has 7 heteroatoms. The van der Waals surface area contributed by atoms with E-state index in [1.165, 1.54) is 4.31 Å². The predicted molar refractivity (Wildman–Crippen MR) is 73.0 cm³/mol. The number of nitrogens with zero attached hydrogens (tertiary/aromatic N) is 1. The van der Waals surface area contributed by atoms with Gasteiger partial charge in [0.25, 0.3) is 10.2 Å². The molecule has 0 aromatic carbocycles. The molecule has 0 aromatic rings. The number of carboxylic acid groups (broad SMARTS) is 1. The molecule has 1 aliphatic rings. The highest BCUT2D eigenvalue weighted by atomic mass is 32.2. The summed E-state index contributed by atoms with van der Waals surface area (Å²) in [6.07, 6.45) is 5.09. The Labute approximate surface area is 115 Å². The van der Waals surface area contributed by atoms with Gasteiger partial charge in [0, 0.05) is 25.6 Å². The van der Waals surface area contributed by atoms with E-state index in [0.717, 1.165) is 25.7 Å². The van der Waals surface area contributed by atoms with Crippen LogP contribution in [0.4, 0.5) is 0 Å². The third-order valence-electron chi connectivity index (χ3n) is 3.28. The standard InChI is InChI=1S/C12H24N2O4S/c1-11(7-6-8-12(15)16)13-19(17,18)14-9-4-2-3-5-10-14/h11,13H,2-10H2,1H3,(H,15,16). The predicted octanol–water partition coefficient (Wildman–Crippen LogP) is 1.34. The van der Waals surface area contributed by atoms with E-state index in [2.05, 4.69) is 4.72 Å². The molecule has 0 spiro atoms. The van der Waals surface area contributed by atoms with Gasteiger partial charge in [0.2, 0.25) is 0 Å².